The van der Waals surface area contributed by atoms with E-state index in [1.807, 2.05) is 12.4 Å². The number of piperidine rings is 1. The molecular formula is C19H22N2O2. The van der Waals surface area contributed by atoms with Crippen LogP contribution in [0.3, 0.4) is 0 Å². The summed E-state index contributed by atoms with van der Waals surface area (Å²) in [4.78, 5) is 17.7. The molecule has 2 heterocycles. The van der Waals surface area contributed by atoms with E-state index in [0.29, 0.717) is 12.8 Å². The number of pyridine rings is 1. The molecule has 23 heavy (non-hydrogen) atoms. The Kier molecular flexibility index (Phi) is 4.72. The average molecular weight is 310 g/mol. The number of carboxylic acid groups (broad SMARTS) is 1. The smallest absolute Gasteiger partial charge is 0.306 e. The van der Waals surface area contributed by atoms with Crippen LogP contribution >= 0.6 is 0 Å². The number of nitrogens with zero attached hydrogens (tertiary/aromatic N) is 2. The van der Waals surface area contributed by atoms with Gasteiger partial charge in [0.1, 0.15) is 0 Å². The molecule has 1 aliphatic heterocycles. The summed E-state index contributed by atoms with van der Waals surface area (Å²) in [6.07, 6.45) is 5.07. The molecule has 1 atom stereocenters. The molecule has 1 fully saturated rings. The highest BCUT2D eigenvalue weighted by Gasteiger charge is 2.30. The Morgan fingerprint density at radius 3 is 2.43 bits per heavy atom. The van der Waals surface area contributed by atoms with E-state index in [9.17, 15) is 9.90 Å². The fraction of sp³-hybridized carbons (Fsp3) is 0.368. The van der Waals surface area contributed by atoms with Gasteiger partial charge in [0.2, 0.25) is 0 Å². The molecule has 1 aromatic heterocycles. The van der Waals surface area contributed by atoms with Gasteiger partial charge in [0.15, 0.2) is 0 Å². The predicted octanol–water partition coefficient (Wildman–Crippen LogP) is 3.28. The van der Waals surface area contributed by atoms with Crippen LogP contribution in [-0.4, -0.2) is 34.0 Å². The maximum Gasteiger partial charge on any atom is 0.306 e. The number of benzene rings is 1. The lowest BCUT2D eigenvalue weighted by molar-refractivity contribution is -0.143. The van der Waals surface area contributed by atoms with E-state index in [1.54, 1.807) is 0 Å². The van der Waals surface area contributed by atoms with E-state index in [0.717, 1.165) is 13.1 Å². The van der Waals surface area contributed by atoms with Crippen molar-refractivity contribution in [2.24, 2.45) is 5.92 Å². The molecule has 3 rings (SSSR count). The Balaban J connectivity index is 1.91. The molecule has 4 heteroatoms. The van der Waals surface area contributed by atoms with Crippen molar-refractivity contribution in [3.63, 3.8) is 0 Å². The van der Waals surface area contributed by atoms with Gasteiger partial charge in [-0.05, 0) is 61.7 Å². The summed E-state index contributed by atoms with van der Waals surface area (Å²) in [7, 11) is 0. The number of hydrogen-bond acceptors (Lipinski definition) is 3. The third-order valence-corrected chi connectivity index (χ3v) is 4.75. The van der Waals surface area contributed by atoms with Crippen LogP contribution in [0.15, 0.2) is 48.8 Å². The standard InChI is InChI=1S/C19H22N2O2/c1-14-4-2-3-5-17(14)18(15-6-10-20-11-7-15)21-12-8-16(9-13-21)19(22)23/h2-7,10-11,16,18H,8-9,12-13H2,1H3,(H,22,23). The summed E-state index contributed by atoms with van der Waals surface area (Å²) in [5, 5.41) is 9.21. The lowest BCUT2D eigenvalue weighted by atomic mass is 9.90. The normalized spacial score (nSPS) is 17.8. The van der Waals surface area contributed by atoms with Crippen molar-refractivity contribution >= 4 is 5.97 Å². The number of hydrogen-bond donors (Lipinski definition) is 1. The second-order valence-corrected chi connectivity index (χ2v) is 6.19. The van der Waals surface area contributed by atoms with Gasteiger partial charge in [-0.25, -0.2) is 0 Å². The Morgan fingerprint density at radius 2 is 1.83 bits per heavy atom. The molecule has 120 valence electrons. The van der Waals surface area contributed by atoms with Crippen molar-refractivity contribution in [1.82, 2.24) is 9.88 Å². The number of carboxylic acids is 1. The van der Waals surface area contributed by atoms with Crippen molar-refractivity contribution in [3.8, 4) is 0 Å². The molecule has 0 bridgehead atoms. The van der Waals surface area contributed by atoms with E-state index in [-0.39, 0.29) is 12.0 Å². The highest BCUT2D eigenvalue weighted by molar-refractivity contribution is 5.70. The lowest BCUT2D eigenvalue weighted by Gasteiger charge is -2.37. The predicted molar refractivity (Wildman–Crippen MR) is 89.2 cm³/mol. The molecule has 1 saturated heterocycles. The zero-order valence-electron chi connectivity index (χ0n) is 13.4. The lowest BCUT2D eigenvalue weighted by Crippen LogP contribution is -2.39. The minimum atomic E-state index is -0.666. The number of aliphatic carboxylic acids is 1. The molecule has 4 nitrogen and oxygen atoms in total. The van der Waals surface area contributed by atoms with E-state index in [2.05, 4.69) is 53.2 Å². The van der Waals surface area contributed by atoms with Crippen molar-refractivity contribution in [2.45, 2.75) is 25.8 Å². The molecule has 1 aliphatic rings. The Morgan fingerprint density at radius 1 is 1.17 bits per heavy atom. The molecule has 1 aromatic carbocycles. The minimum Gasteiger partial charge on any atom is -0.481 e. The summed E-state index contributed by atoms with van der Waals surface area (Å²) in [5.74, 6) is -0.873. The van der Waals surface area contributed by atoms with Crippen LogP contribution < -0.4 is 0 Å². The highest BCUT2D eigenvalue weighted by Crippen LogP contribution is 2.33. The Hall–Kier alpha value is -2.20. The molecule has 0 spiro atoms. The first-order chi connectivity index (χ1) is 11.2. The first-order valence-corrected chi connectivity index (χ1v) is 8.09. The molecule has 1 unspecified atom stereocenters. The topological polar surface area (TPSA) is 53.4 Å². The Bertz CT molecular complexity index is 664. The van der Waals surface area contributed by atoms with Crippen LogP contribution in [0.2, 0.25) is 0 Å². The fourth-order valence-electron chi connectivity index (χ4n) is 3.43. The van der Waals surface area contributed by atoms with E-state index < -0.39 is 5.97 Å². The molecule has 2 aromatic rings. The fourth-order valence-corrected chi connectivity index (χ4v) is 3.43. The van der Waals surface area contributed by atoms with Gasteiger partial charge >= 0.3 is 5.97 Å². The SMILES string of the molecule is Cc1ccccc1C(c1ccncc1)N1CCC(C(=O)O)CC1. The van der Waals surface area contributed by atoms with Crippen molar-refractivity contribution in [2.75, 3.05) is 13.1 Å². The molecule has 0 saturated carbocycles. The van der Waals surface area contributed by atoms with Gasteiger partial charge in [0.25, 0.3) is 0 Å². The van der Waals surface area contributed by atoms with Gasteiger partial charge < -0.3 is 5.11 Å². The number of rotatable bonds is 4. The van der Waals surface area contributed by atoms with E-state index in [1.165, 1.54) is 16.7 Å². The molecule has 1 N–H and O–H groups in total. The first kappa shape index (κ1) is 15.7. The molecule has 0 amide bonds. The second kappa shape index (κ2) is 6.92. The van der Waals surface area contributed by atoms with E-state index in [4.69, 9.17) is 0 Å². The van der Waals surface area contributed by atoms with Gasteiger partial charge in [-0.3, -0.25) is 14.7 Å². The van der Waals surface area contributed by atoms with Crippen LogP contribution in [0.5, 0.6) is 0 Å². The number of likely N-dealkylation sites (tertiary alicyclic amines) is 1. The van der Waals surface area contributed by atoms with Crippen molar-refractivity contribution < 1.29 is 9.90 Å². The van der Waals surface area contributed by atoms with Crippen LogP contribution in [0.4, 0.5) is 0 Å². The zero-order valence-corrected chi connectivity index (χ0v) is 13.4. The van der Waals surface area contributed by atoms with Gasteiger partial charge in [0.05, 0.1) is 12.0 Å². The molecule has 0 aliphatic carbocycles. The second-order valence-electron chi connectivity index (χ2n) is 6.19. The summed E-state index contributed by atoms with van der Waals surface area (Å²) >= 11 is 0. The maximum atomic E-state index is 11.2. The van der Waals surface area contributed by atoms with Gasteiger partial charge in [0, 0.05) is 12.4 Å². The number of aryl methyl sites for hydroxylation is 1. The Labute approximate surface area is 136 Å². The third-order valence-electron chi connectivity index (χ3n) is 4.75. The monoisotopic (exact) mass is 310 g/mol. The van der Waals surface area contributed by atoms with Gasteiger partial charge in [-0.2, -0.15) is 0 Å². The minimum absolute atomic E-state index is 0.161. The first-order valence-electron chi connectivity index (χ1n) is 8.09. The molecule has 0 radical (unpaired) electrons. The summed E-state index contributed by atoms with van der Waals surface area (Å²) < 4.78 is 0. The van der Waals surface area contributed by atoms with Gasteiger partial charge in [-0.15, -0.1) is 0 Å². The summed E-state index contributed by atoms with van der Waals surface area (Å²) in [5.41, 5.74) is 3.75. The number of aromatic nitrogens is 1. The average Bonchev–Trinajstić information content (AvgIpc) is 2.58. The quantitative estimate of drug-likeness (QED) is 0.941. The zero-order chi connectivity index (χ0) is 16.2. The van der Waals surface area contributed by atoms with Crippen molar-refractivity contribution in [3.05, 3.63) is 65.5 Å². The maximum absolute atomic E-state index is 11.2. The largest absolute Gasteiger partial charge is 0.481 e. The highest BCUT2D eigenvalue weighted by atomic mass is 16.4. The van der Waals surface area contributed by atoms with Crippen LogP contribution in [0.1, 0.15) is 35.6 Å². The summed E-state index contributed by atoms with van der Waals surface area (Å²) in [6, 6.07) is 12.7. The molecular weight excluding hydrogens is 288 g/mol. The summed E-state index contributed by atoms with van der Waals surface area (Å²) in [6.45, 7) is 3.74. The number of carbonyl (C=O) groups is 1. The third kappa shape index (κ3) is 3.42. The van der Waals surface area contributed by atoms with Gasteiger partial charge in [-0.1, -0.05) is 24.3 Å². The van der Waals surface area contributed by atoms with Crippen LogP contribution in [0, 0.1) is 12.8 Å². The van der Waals surface area contributed by atoms with Crippen LogP contribution in [-0.2, 0) is 4.79 Å². The van der Waals surface area contributed by atoms with Crippen molar-refractivity contribution in [1.29, 1.82) is 0 Å². The van der Waals surface area contributed by atoms with Crippen LogP contribution in [0.25, 0.3) is 0 Å². The van der Waals surface area contributed by atoms with E-state index >= 15 is 0 Å².